The molecule has 0 spiro atoms. The second kappa shape index (κ2) is 8.73. The minimum atomic E-state index is -2.97. The molecule has 0 radical (unpaired) electrons. The molecule has 1 aliphatic rings. The van der Waals surface area contributed by atoms with Crippen molar-refractivity contribution in [2.24, 2.45) is 0 Å². The van der Waals surface area contributed by atoms with Crippen molar-refractivity contribution in [3.63, 3.8) is 0 Å². The molecule has 1 N–H and O–H groups in total. The zero-order chi connectivity index (χ0) is 19.4. The van der Waals surface area contributed by atoms with Crippen LogP contribution in [0.1, 0.15) is 22.4 Å². The Labute approximate surface area is 165 Å². The van der Waals surface area contributed by atoms with E-state index >= 15 is 0 Å². The van der Waals surface area contributed by atoms with E-state index in [9.17, 15) is 13.5 Å². The van der Waals surface area contributed by atoms with E-state index in [2.05, 4.69) is 4.90 Å². The summed E-state index contributed by atoms with van der Waals surface area (Å²) in [6.07, 6.45) is -0.0618. The molecular formula is C20H27NO4S2. The molecule has 148 valence electrons. The van der Waals surface area contributed by atoms with Crippen LogP contribution < -0.4 is 4.74 Å². The van der Waals surface area contributed by atoms with E-state index in [1.165, 1.54) is 10.4 Å². The Morgan fingerprint density at radius 1 is 1.30 bits per heavy atom. The van der Waals surface area contributed by atoms with Crippen LogP contribution in [-0.2, 0) is 16.4 Å². The molecular weight excluding hydrogens is 382 g/mol. The third-order valence-corrected chi connectivity index (χ3v) is 7.64. The molecule has 27 heavy (non-hydrogen) atoms. The fourth-order valence-corrected chi connectivity index (χ4v) is 5.82. The maximum atomic E-state index is 11.9. The molecule has 1 aliphatic heterocycles. The van der Waals surface area contributed by atoms with Gasteiger partial charge in [0.15, 0.2) is 9.84 Å². The number of ether oxygens (including phenoxy) is 1. The molecule has 5 nitrogen and oxygen atoms in total. The van der Waals surface area contributed by atoms with Gasteiger partial charge in [-0.05, 0) is 55.0 Å². The number of hydrogen-bond acceptors (Lipinski definition) is 6. The van der Waals surface area contributed by atoms with Gasteiger partial charge in [-0.2, -0.15) is 0 Å². The van der Waals surface area contributed by atoms with Crippen LogP contribution in [-0.4, -0.2) is 55.2 Å². The van der Waals surface area contributed by atoms with Crippen LogP contribution in [0.3, 0.4) is 0 Å². The lowest BCUT2D eigenvalue weighted by Gasteiger charge is -2.29. The molecule has 0 amide bonds. The average Bonchev–Trinajstić information content (AvgIpc) is 3.24. The van der Waals surface area contributed by atoms with Gasteiger partial charge in [-0.1, -0.05) is 12.1 Å². The van der Waals surface area contributed by atoms with Crippen molar-refractivity contribution < 1.29 is 18.3 Å². The Balaban J connectivity index is 1.61. The third kappa shape index (κ3) is 5.78. The smallest absolute Gasteiger partial charge is 0.151 e. The maximum absolute atomic E-state index is 11.9. The Morgan fingerprint density at radius 2 is 2.11 bits per heavy atom. The SMILES string of the molecule is Cc1ccc(OCC(O)CN(Cc2cccs2)C2CCS(=O)(=O)C2)cc1C. The summed E-state index contributed by atoms with van der Waals surface area (Å²) in [4.78, 5) is 3.26. The van der Waals surface area contributed by atoms with E-state index in [1.807, 2.05) is 49.6 Å². The predicted molar refractivity (Wildman–Crippen MR) is 109 cm³/mol. The highest BCUT2D eigenvalue weighted by Crippen LogP contribution is 2.22. The van der Waals surface area contributed by atoms with Gasteiger partial charge in [0.2, 0.25) is 0 Å². The molecule has 7 heteroatoms. The summed E-state index contributed by atoms with van der Waals surface area (Å²) in [5.41, 5.74) is 2.35. The van der Waals surface area contributed by atoms with Gasteiger partial charge in [0.05, 0.1) is 11.5 Å². The summed E-state index contributed by atoms with van der Waals surface area (Å²) >= 11 is 1.65. The van der Waals surface area contributed by atoms with Crippen molar-refractivity contribution in [1.29, 1.82) is 0 Å². The summed E-state index contributed by atoms with van der Waals surface area (Å²) in [5, 5.41) is 12.5. The number of benzene rings is 1. The number of aliphatic hydroxyl groups excluding tert-OH is 1. The summed E-state index contributed by atoms with van der Waals surface area (Å²) < 4.78 is 29.5. The zero-order valence-corrected chi connectivity index (χ0v) is 17.4. The van der Waals surface area contributed by atoms with E-state index in [1.54, 1.807) is 11.3 Å². The summed E-state index contributed by atoms with van der Waals surface area (Å²) in [5.74, 6) is 1.14. The van der Waals surface area contributed by atoms with Crippen LogP contribution in [0.25, 0.3) is 0 Å². The molecule has 0 saturated carbocycles. The highest BCUT2D eigenvalue weighted by atomic mass is 32.2. The van der Waals surface area contributed by atoms with Crippen LogP contribution in [0.15, 0.2) is 35.7 Å². The molecule has 0 aliphatic carbocycles. The van der Waals surface area contributed by atoms with Gasteiger partial charge in [-0.3, -0.25) is 4.90 Å². The lowest BCUT2D eigenvalue weighted by molar-refractivity contribution is 0.0529. The van der Waals surface area contributed by atoms with Crippen molar-refractivity contribution in [3.8, 4) is 5.75 Å². The number of aliphatic hydroxyl groups is 1. The molecule has 2 aromatic rings. The molecule has 3 rings (SSSR count). The van der Waals surface area contributed by atoms with Crippen molar-refractivity contribution in [3.05, 3.63) is 51.7 Å². The summed E-state index contributed by atoms with van der Waals surface area (Å²) in [6.45, 7) is 5.30. The van der Waals surface area contributed by atoms with Crippen molar-refractivity contribution >= 4 is 21.2 Å². The first-order chi connectivity index (χ1) is 12.8. The molecule has 2 heterocycles. The Morgan fingerprint density at radius 3 is 2.74 bits per heavy atom. The lowest BCUT2D eigenvalue weighted by Crippen LogP contribution is -2.42. The van der Waals surface area contributed by atoms with Gasteiger partial charge in [-0.25, -0.2) is 8.42 Å². The second-order valence-electron chi connectivity index (χ2n) is 7.28. The van der Waals surface area contributed by atoms with Crippen molar-refractivity contribution in [2.45, 2.75) is 39.0 Å². The summed E-state index contributed by atoms with van der Waals surface area (Å²) in [7, 11) is -2.97. The number of thiophene rings is 1. The number of aryl methyl sites for hydroxylation is 2. The van der Waals surface area contributed by atoms with E-state index in [0.717, 1.165) is 11.3 Å². The van der Waals surface area contributed by atoms with Crippen LogP contribution in [0.4, 0.5) is 0 Å². The quantitative estimate of drug-likeness (QED) is 0.726. The largest absolute Gasteiger partial charge is 0.491 e. The number of rotatable bonds is 8. The van der Waals surface area contributed by atoms with Gasteiger partial charge in [-0.15, -0.1) is 11.3 Å². The Hall–Kier alpha value is -1.41. The van der Waals surface area contributed by atoms with Crippen LogP contribution in [0.5, 0.6) is 5.75 Å². The number of nitrogens with zero attached hydrogens (tertiary/aromatic N) is 1. The Kier molecular flexibility index (Phi) is 6.57. The van der Waals surface area contributed by atoms with Crippen molar-refractivity contribution in [2.75, 3.05) is 24.7 Å². The number of hydrogen-bond donors (Lipinski definition) is 1. The van der Waals surface area contributed by atoms with Gasteiger partial charge in [0.1, 0.15) is 18.5 Å². The third-order valence-electron chi connectivity index (χ3n) is 5.03. The normalized spacial score (nSPS) is 20.1. The molecule has 0 bridgehead atoms. The fraction of sp³-hybridized carbons (Fsp3) is 0.500. The fourth-order valence-electron chi connectivity index (χ4n) is 3.33. The van der Waals surface area contributed by atoms with Crippen LogP contribution in [0.2, 0.25) is 0 Å². The number of sulfone groups is 1. The zero-order valence-electron chi connectivity index (χ0n) is 15.8. The van der Waals surface area contributed by atoms with Gasteiger partial charge >= 0.3 is 0 Å². The first-order valence-corrected chi connectivity index (χ1v) is 11.9. The second-order valence-corrected chi connectivity index (χ2v) is 10.5. The predicted octanol–water partition coefficient (Wildman–Crippen LogP) is 2.79. The highest BCUT2D eigenvalue weighted by Gasteiger charge is 2.33. The molecule has 2 unspecified atom stereocenters. The van der Waals surface area contributed by atoms with E-state index in [4.69, 9.17) is 4.74 Å². The molecule has 2 atom stereocenters. The van der Waals surface area contributed by atoms with Crippen LogP contribution >= 0.6 is 11.3 Å². The minimum Gasteiger partial charge on any atom is -0.491 e. The van der Waals surface area contributed by atoms with Crippen molar-refractivity contribution in [1.82, 2.24) is 4.90 Å². The first kappa shape index (κ1) is 20.3. The van der Waals surface area contributed by atoms with Gasteiger partial charge in [0, 0.05) is 24.0 Å². The average molecular weight is 410 g/mol. The summed E-state index contributed by atoms with van der Waals surface area (Å²) in [6, 6.07) is 9.86. The molecule has 1 fully saturated rings. The first-order valence-electron chi connectivity index (χ1n) is 9.17. The topological polar surface area (TPSA) is 66.8 Å². The minimum absolute atomic E-state index is 0.0478. The standard InChI is InChI=1S/C20H27NO4S2/c1-15-5-6-19(10-16(15)2)25-13-18(22)11-21(12-20-4-3-8-26-20)17-7-9-27(23,24)14-17/h3-6,8,10,17-18,22H,7,9,11-14H2,1-2H3. The van der Waals surface area contributed by atoms with Gasteiger partial charge < -0.3 is 9.84 Å². The molecule has 1 aromatic heterocycles. The monoisotopic (exact) mass is 409 g/mol. The van der Waals surface area contributed by atoms with E-state index < -0.39 is 15.9 Å². The van der Waals surface area contributed by atoms with E-state index in [-0.39, 0.29) is 24.2 Å². The highest BCUT2D eigenvalue weighted by molar-refractivity contribution is 7.91. The Bertz CT molecular complexity index is 849. The lowest BCUT2D eigenvalue weighted by atomic mass is 10.1. The van der Waals surface area contributed by atoms with Gasteiger partial charge in [0.25, 0.3) is 0 Å². The molecule has 1 saturated heterocycles. The molecule has 1 aromatic carbocycles. The maximum Gasteiger partial charge on any atom is 0.151 e. The van der Waals surface area contributed by atoms with Crippen LogP contribution in [0, 0.1) is 13.8 Å². The van der Waals surface area contributed by atoms with E-state index in [0.29, 0.717) is 19.5 Å².